The van der Waals surface area contributed by atoms with Gasteiger partial charge >= 0.3 is 19.1 Å². The Balaban J connectivity index is 2.01. The number of amides is 1. The Morgan fingerprint density at radius 1 is 1.27 bits per heavy atom. The van der Waals surface area contributed by atoms with Gasteiger partial charge in [-0.2, -0.15) is 0 Å². The molecule has 2 rings (SSSR count). The standard InChI is InChI=1S/C20H28BNO8/c1-5-8-16(23)22-15-11-13-9-7-10-14(17(13)30-21(15)26)18(24)27-12-28-19(25)20(3,4)29-6-2/h7,9-10,15,26H,5-6,8,11-12H2,1-4H3,(H,22,23)/t15-/m0/s1. The number of nitrogens with one attached hydrogen (secondary N) is 1. The number of rotatable bonds is 9. The lowest BCUT2D eigenvalue weighted by Crippen LogP contribution is -2.53. The van der Waals surface area contributed by atoms with Crippen LogP contribution < -0.4 is 9.97 Å². The molecular weight excluding hydrogens is 393 g/mol. The summed E-state index contributed by atoms with van der Waals surface area (Å²) in [6.45, 7) is 6.49. The van der Waals surface area contributed by atoms with Crippen molar-refractivity contribution in [2.45, 2.75) is 58.5 Å². The Bertz CT molecular complexity index is 782. The molecule has 0 aromatic heterocycles. The van der Waals surface area contributed by atoms with Crippen LogP contribution in [0.2, 0.25) is 0 Å². The van der Waals surface area contributed by atoms with E-state index in [4.69, 9.17) is 18.9 Å². The van der Waals surface area contributed by atoms with Gasteiger partial charge in [0, 0.05) is 13.0 Å². The van der Waals surface area contributed by atoms with Gasteiger partial charge in [0.2, 0.25) is 12.7 Å². The van der Waals surface area contributed by atoms with E-state index in [2.05, 4.69) is 5.32 Å². The molecule has 1 aliphatic rings. The highest BCUT2D eigenvalue weighted by Gasteiger charge is 2.38. The molecule has 1 heterocycles. The summed E-state index contributed by atoms with van der Waals surface area (Å²) in [5.74, 6) is -2.05. The monoisotopic (exact) mass is 421 g/mol. The van der Waals surface area contributed by atoms with Gasteiger partial charge in [0.25, 0.3) is 0 Å². The van der Waals surface area contributed by atoms with Crippen LogP contribution in [0.4, 0.5) is 0 Å². The van der Waals surface area contributed by atoms with Crippen molar-refractivity contribution in [3.63, 3.8) is 0 Å². The van der Waals surface area contributed by atoms with Crippen LogP contribution in [0.5, 0.6) is 5.75 Å². The van der Waals surface area contributed by atoms with Gasteiger partial charge in [-0.05, 0) is 45.2 Å². The zero-order chi connectivity index (χ0) is 22.3. The second-order valence-corrected chi connectivity index (χ2v) is 7.36. The molecule has 1 aromatic carbocycles. The molecule has 1 atom stereocenters. The van der Waals surface area contributed by atoms with E-state index < -0.39 is 37.4 Å². The Labute approximate surface area is 176 Å². The maximum Gasteiger partial charge on any atom is 0.547 e. The van der Waals surface area contributed by atoms with E-state index in [0.29, 0.717) is 31.4 Å². The van der Waals surface area contributed by atoms with Crippen LogP contribution in [0, 0.1) is 0 Å². The van der Waals surface area contributed by atoms with Gasteiger partial charge in [-0.25, -0.2) is 9.59 Å². The quantitative estimate of drug-likeness (QED) is 0.349. The molecule has 1 aliphatic heterocycles. The van der Waals surface area contributed by atoms with E-state index in [1.807, 2.05) is 6.92 Å². The molecule has 0 fully saturated rings. The Hall–Kier alpha value is -2.59. The summed E-state index contributed by atoms with van der Waals surface area (Å²) in [7, 11) is -1.31. The Kier molecular flexibility index (Phi) is 8.25. The predicted octanol–water partition coefficient (Wildman–Crippen LogP) is 1.40. The first kappa shape index (κ1) is 23.7. The normalized spacial score (nSPS) is 15.6. The van der Waals surface area contributed by atoms with Crippen LogP contribution in [0.3, 0.4) is 0 Å². The van der Waals surface area contributed by atoms with Gasteiger partial charge in [-0.1, -0.05) is 19.1 Å². The summed E-state index contributed by atoms with van der Waals surface area (Å²) >= 11 is 0. The highest BCUT2D eigenvalue weighted by molar-refractivity contribution is 6.47. The SMILES string of the molecule is CCCC(=O)N[C@H]1Cc2cccc(C(=O)OCOC(=O)C(C)(C)OCC)c2OB1O. The minimum absolute atomic E-state index is 0.0880. The van der Waals surface area contributed by atoms with Crippen LogP contribution in [-0.2, 0) is 30.2 Å². The molecule has 9 nitrogen and oxygen atoms in total. The maximum absolute atomic E-state index is 12.4. The van der Waals surface area contributed by atoms with Crippen LogP contribution in [-0.4, -0.2) is 54.9 Å². The largest absolute Gasteiger partial charge is 0.547 e. The van der Waals surface area contributed by atoms with E-state index in [0.717, 1.165) is 0 Å². The van der Waals surface area contributed by atoms with Crippen LogP contribution >= 0.6 is 0 Å². The number of esters is 2. The molecule has 0 spiro atoms. The lowest BCUT2D eigenvalue weighted by atomic mass is 9.72. The van der Waals surface area contributed by atoms with Gasteiger partial charge in [0.1, 0.15) is 11.3 Å². The van der Waals surface area contributed by atoms with E-state index >= 15 is 0 Å². The minimum atomic E-state index is -1.31. The summed E-state index contributed by atoms with van der Waals surface area (Å²) in [5.41, 5.74) is -0.423. The summed E-state index contributed by atoms with van der Waals surface area (Å²) in [4.78, 5) is 36.3. The van der Waals surface area contributed by atoms with Crippen molar-refractivity contribution in [2.24, 2.45) is 0 Å². The molecule has 164 valence electrons. The lowest BCUT2D eigenvalue weighted by molar-refractivity contribution is -0.175. The summed E-state index contributed by atoms with van der Waals surface area (Å²) in [6, 6.07) is 4.86. The highest BCUT2D eigenvalue weighted by Crippen LogP contribution is 2.30. The van der Waals surface area contributed by atoms with Gasteiger partial charge in [-0.3, -0.25) is 4.79 Å². The number of para-hydroxylation sites is 1. The van der Waals surface area contributed by atoms with E-state index in [-0.39, 0.29) is 17.2 Å². The fraction of sp³-hybridized carbons (Fsp3) is 0.550. The van der Waals surface area contributed by atoms with Crippen molar-refractivity contribution in [3.8, 4) is 5.75 Å². The topological polar surface area (TPSA) is 120 Å². The molecule has 1 amide bonds. The zero-order valence-corrected chi connectivity index (χ0v) is 17.7. The first-order valence-electron chi connectivity index (χ1n) is 9.93. The molecule has 0 aliphatic carbocycles. The third kappa shape index (κ3) is 5.96. The van der Waals surface area contributed by atoms with Gasteiger partial charge in [0.15, 0.2) is 5.60 Å². The Morgan fingerprint density at radius 2 is 2.00 bits per heavy atom. The van der Waals surface area contributed by atoms with Crippen molar-refractivity contribution in [3.05, 3.63) is 29.3 Å². The average molecular weight is 421 g/mol. The lowest BCUT2D eigenvalue weighted by Gasteiger charge is -2.29. The molecule has 30 heavy (non-hydrogen) atoms. The zero-order valence-electron chi connectivity index (χ0n) is 17.7. The number of benzene rings is 1. The molecule has 10 heteroatoms. The van der Waals surface area contributed by atoms with Crippen molar-refractivity contribution in [2.75, 3.05) is 13.4 Å². The molecule has 2 N–H and O–H groups in total. The number of carbonyl (C=O) groups excluding carboxylic acids is 3. The third-order valence-corrected chi connectivity index (χ3v) is 4.54. The van der Waals surface area contributed by atoms with Crippen molar-refractivity contribution in [1.29, 1.82) is 0 Å². The maximum atomic E-state index is 12.4. The highest BCUT2D eigenvalue weighted by atomic mass is 16.7. The summed E-state index contributed by atoms with van der Waals surface area (Å²) < 4.78 is 20.8. The number of fused-ring (bicyclic) bond motifs is 1. The van der Waals surface area contributed by atoms with E-state index in [9.17, 15) is 19.4 Å². The van der Waals surface area contributed by atoms with Crippen molar-refractivity contribution >= 4 is 25.0 Å². The molecule has 0 saturated heterocycles. The third-order valence-electron chi connectivity index (χ3n) is 4.54. The van der Waals surface area contributed by atoms with Crippen molar-refractivity contribution in [1.82, 2.24) is 5.32 Å². The summed E-state index contributed by atoms with van der Waals surface area (Å²) in [5, 5.41) is 13.0. The van der Waals surface area contributed by atoms with E-state index in [1.165, 1.54) is 6.07 Å². The molecule has 0 radical (unpaired) electrons. The molecule has 1 aromatic rings. The first-order valence-corrected chi connectivity index (χ1v) is 9.93. The second kappa shape index (κ2) is 10.4. The molecule has 0 saturated carbocycles. The smallest absolute Gasteiger partial charge is 0.534 e. The Morgan fingerprint density at radius 3 is 2.67 bits per heavy atom. The van der Waals surface area contributed by atoms with Crippen LogP contribution in [0.25, 0.3) is 0 Å². The number of hydrogen-bond acceptors (Lipinski definition) is 8. The van der Waals surface area contributed by atoms with Gasteiger partial charge < -0.3 is 29.2 Å². The molecule has 0 bridgehead atoms. The fourth-order valence-corrected chi connectivity index (χ4v) is 3.02. The first-order chi connectivity index (χ1) is 14.2. The van der Waals surface area contributed by atoms with Gasteiger partial charge in [0.05, 0.1) is 5.94 Å². The minimum Gasteiger partial charge on any atom is -0.534 e. The van der Waals surface area contributed by atoms with E-state index in [1.54, 1.807) is 32.9 Å². The van der Waals surface area contributed by atoms with Crippen molar-refractivity contribution < 1.29 is 38.3 Å². The number of carbonyl (C=O) groups is 3. The predicted molar refractivity (Wildman–Crippen MR) is 108 cm³/mol. The fourth-order valence-electron chi connectivity index (χ4n) is 3.02. The summed E-state index contributed by atoms with van der Waals surface area (Å²) in [6.07, 6.45) is 1.33. The number of hydrogen-bond donors (Lipinski definition) is 2. The van der Waals surface area contributed by atoms with Crippen LogP contribution in [0.15, 0.2) is 18.2 Å². The number of ether oxygens (including phenoxy) is 3. The van der Waals surface area contributed by atoms with Crippen LogP contribution in [0.1, 0.15) is 56.5 Å². The molecule has 0 unspecified atom stereocenters. The van der Waals surface area contributed by atoms with Gasteiger partial charge in [-0.15, -0.1) is 0 Å². The molecular formula is C20H28BNO8. The second-order valence-electron chi connectivity index (χ2n) is 7.36. The average Bonchev–Trinajstić information content (AvgIpc) is 2.68.